The van der Waals surface area contributed by atoms with Crippen molar-refractivity contribution in [2.24, 2.45) is 0 Å². The standard InChI is InChI=1S/C23H29N3O4/c1-16-8-7-9-17(14-16)12-13-20(27)25-18-10-5-6-11-19(18)26-21(28)15-24-22(29)30-23(2,3)4/h5-11,14H,12-13,15H2,1-4H3,(H,24,29)(H,25,27)(H,26,28). The van der Waals surface area contributed by atoms with Crippen LogP contribution in [0, 0.1) is 6.92 Å². The first-order valence-corrected chi connectivity index (χ1v) is 9.83. The number of carbonyl (C=O) groups excluding carboxylic acids is 3. The first kappa shape index (κ1) is 22.9. The second-order valence-corrected chi connectivity index (χ2v) is 7.99. The van der Waals surface area contributed by atoms with E-state index in [0.29, 0.717) is 24.2 Å². The molecule has 0 saturated heterocycles. The molecule has 0 unspecified atom stereocenters. The molecule has 3 N–H and O–H groups in total. The first-order chi connectivity index (χ1) is 14.1. The number of hydrogen-bond donors (Lipinski definition) is 3. The lowest BCUT2D eigenvalue weighted by molar-refractivity contribution is -0.116. The summed E-state index contributed by atoms with van der Waals surface area (Å²) in [6, 6.07) is 14.9. The van der Waals surface area contributed by atoms with Crippen LogP contribution in [0.5, 0.6) is 0 Å². The van der Waals surface area contributed by atoms with Gasteiger partial charge in [-0.15, -0.1) is 0 Å². The fourth-order valence-corrected chi connectivity index (χ4v) is 2.70. The van der Waals surface area contributed by atoms with E-state index in [2.05, 4.69) is 22.0 Å². The van der Waals surface area contributed by atoms with Gasteiger partial charge in [-0.3, -0.25) is 9.59 Å². The molecular formula is C23H29N3O4. The Morgan fingerprint density at radius 3 is 2.13 bits per heavy atom. The summed E-state index contributed by atoms with van der Waals surface area (Å²) in [5.41, 5.74) is 2.56. The minimum Gasteiger partial charge on any atom is -0.444 e. The Bertz CT molecular complexity index is 903. The zero-order valence-electron chi connectivity index (χ0n) is 17.9. The van der Waals surface area contributed by atoms with Crippen LogP contribution in [0.1, 0.15) is 38.3 Å². The molecule has 3 amide bonds. The molecule has 2 aromatic rings. The minimum absolute atomic E-state index is 0.148. The second kappa shape index (κ2) is 10.4. The van der Waals surface area contributed by atoms with Crippen molar-refractivity contribution < 1.29 is 19.1 Å². The largest absolute Gasteiger partial charge is 0.444 e. The smallest absolute Gasteiger partial charge is 0.408 e. The highest BCUT2D eigenvalue weighted by atomic mass is 16.6. The van der Waals surface area contributed by atoms with Crippen molar-refractivity contribution in [3.63, 3.8) is 0 Å². The van der Waals surface area contributed by atoms with Gasteiger partial charge in [-0.05, 0) is 51.8 Å². The monoisotopic (exact) mass is 411 g/mol. The van der Waals surface area contributed by atoms with Gasteiger partial charge in [0.05, 0.1) is 11.4 Å². The van der Waals surface area contributed by atoms with Crippen molar-refractivity contribution in [1.29, 1.82) is 0 Å². The number of rotatable bonds is 7. The number of anilines is 2. The summed E-state index contributed by atoms with van der Waals surface area (Å²) >= 11 is 0. The van der Waals surface area contributed by atoms with Crippen molar-refractivity contribution in [2.45, 2.75) is 46.1 Å². The number of ether oxygens (including phenoxy) is 1. The van der Waals surface area contributed by atoms with E-state index < -0.39 is 17.6 Å². The molecule has 2 aromatic carbocycles. The molecule has 0 fully saturated rings. The zero-order chi connectivity index (χ0) is 22.1. The predicted octanol–water partition coefficient (Wildman–Crippen LogP) is 4.03. The third kappa shape index (κ3) is 8.34. The molecule has 0 bridgehead atoms. The van der Waals surface area contributed by atoms with E-state index in [1.807, 2.05) is 25.1 Å². The van der Waals surface area contributed by atoms with Gasteiger partial charge in [0.2, 0.25) is 11.8 Å². The molecule has 0 atom stereocenters. The number of carbonyl (C=O) groups is 3. The van der Waals surface area contributed by atoms with Crippen LogP contribution in [0.3, 0.4) is 0 Å². The predicted molar refractivity (Wildman–Crippen MR) is 117 cm³/mol. The molecule has 0 heterocycles. The van der Waals surface area contributed by atoms with Gasteiger partial charge in [0.15, 0.2) is 0 Å². The maximum atomic E-state index is 12.4. The Balaban J connectivity index is 1.88. The van der Waals surface area contributed by atoms with Crippen molar-refractivity contribution in [3.8, 4) is 0 Å². The molecule has 0 saturated carbocycles. The molecule has 0 spiro atoms. The van der Waals surface area contributed by atoms with Crippen molar-refractivity contribution >= 4 is 29.3 Å². The van der Waals surface area contributed by atoms with Crippen LogP contribution in [0.25, 0.3) is 0 Å². The number of benzene rings is 2. The fourth-order valence-electron chi connectivity index (χ4n) is 2.70. The summed E-state index contributed by atoms with van der Waals surface area (Å²) in [4.78, 5) is 36.2. The van der Waals surface area contributed by atoms with E-state index >= 15 is 0 Å². The maximum absolute atomic E-state index is 12.4. The molecule has 0 aromatic heterocycles. The molecule has 7 nitrogen and oxygen atoms in total. The van der Waals surface area contributed by atoms with Crippen LogP contribution in [0.15, 0.2) is 48.5 Å². The fraction of sp³-hybridized carbons (Fsp3) is 0.348. The average molecular weight is 412 g/mol. The van der Waals surface area contributed by atoms with Crippen LogP contribution in [-0.2, 0) is 20.7 Å². The lowest BCUT2D eigenvalue weighted by Crippen LogP contribution is -2.37. The summed E-state index contributed by atoms with van der Waals surface area (Å²) in [5, 5.41) is 7.92. The number of hydrogen-bond acceptors (Lipinski definition) is 4. The van der Waals surface area contributed by atoms with E-state index in [1.54, 1.807) is 45.0 Å². The maximum Gasteiger partial charge on any atom is 0.408 e. The molecule has 0 radical (unpaired) electrons. The van der Waals surface area contributed by atoms with Crippen LogP contribution in [-0.4, -0.2) is 30.1 Å². The van der Waals surface area contributed by atoms with Gasteiger partial charge in [0.25, 0.3) is 0 Å². The Hall–Kier alpha value is -3.35. The second-order valence-electron chi connectivity index (χ2n) is 7.99. The summed E-state index contributed by atoms with van der Waals surface area (Å²) in [5.74, 6) is -0.576. The van der Waals surface area contributed by atoms with E-state index in [4.69, 9.17) is 4.74 Å². The molecule has 0 aliphatic heterocycles. The summed E-state index contributed by atoms with van der Waals surface area (Å²) in [7, 11) is 0. The normalized spacial score (nSPS) is 10.8. The van der Waals surface area contributed by atoms with Gasteiger partial charge >= 0.3 is 6.09 Å². The van der Waals surface area contributed by atoms with Crippen LogP contribution >= 0.6 is 0 Å². The van der Waals surface area contributed by atoms with Gasteiger partial charge in [0.1, 0.15) is 12.1 Å². The summed E-state index contributed by atoms with van der Waals surface area (Å²) in [6.45, 7) is 6.99. The quantitative estimate of drug-likeness (QED) is 0.641. The lowest BCUT2D eigenvalue weighted by Gasteiger charge is -2.19. The average Bonchev–Trinajstić information content (AvgIpc) is 2.65. The van der Waals surface area contributed by atoms with Crippen LogP contribution < -0.4 is 16.0 Å². The van der Waals surface area contributed by atoms with Gasteiger partial charge in [-0.2, -0.15) is 0 Å². The van der Waals surface area contributed by atoms with Crippen LogP contribution in [0.2, 0.25) is 0 Å². The minimum atomic E-state index is -0.671. The van der Waals surface area contributed by atoms with E-state index in [1.165, 1.54) is 0 Å². The highest BCUT2D eigenvalue weighted by Gasteiger charge is 2.17. The molecule has 7 heteroatoms. The van der Waals surface area contributed by atoms with E-state index in [9.17, 15) is 14.4 Å². The van der Waals surface area contributed by atoms with E-state index in [-0.39, 0.29) is 12.5 Å². The number of alkyl carbamates (subject to hydrolysis) is 1. The number of nitrogens with one attached hydrogen (secondary N) is 3. The SMILES string of the molecule is Cc1cccc(CCC(=O)Nc2ccccc2NC(=O)CNC(=O)OC(C)(C)C)c1. The molecule has 30 heavy (non-hydrogen) atoms. The first-order valence-electron chi connectivity index (χ1n) is 9.83. The van der Waals surface area contributed by atoms with E-state index in [0.717, 1.165) is 11.1 Å². The molecular weight excluding hydrogens is 382 g/mol. The Morgan fingerprint density at radius 2 is 1.53 bits per heavy atom. The van der Waals surface area contributed by atoms with Crippen molar-refractivity contribution in [1.82, 2.24) is 5.32 Å². The number of amides is 3. The zero-order valence-corrected chi connectivity index (χ0v) is 17.9. The van der Waals surface area contributed by atoms with Gasteiger partial charge in [-0.25, -0.2) is 4.79 Å². The van der Waals surface area contributed by atoms with Crippen molar-refractivity contribution in [3.05, 3.63) is 59.7 Å². The molecule has 2 rings (SSSR count). The molecule has 0 aliphatic carbocycles. The Labute approximate surface area is 177 Å². The van der Waals surface area contributed by atoms with Gasteiger partial charge in [-0.1, -0.05) is 42.0 Å². The van der Waals surface area contributed by atoms with Gasteiger partial charge < -0.3 is 20.7 Å². The lowest BCUT2D eigenvalue weighted by atomic mass is 10.1. The highest BCUT2D eigenvalue weighted by Crippen LogP contribution is 2.21. The van der Waals surface area contributed by atoms with Crippen molar-refractivity contribution in [2.75, 3.05) is 17.2 Å². The highest BCUT2D eigenvalue weighted by molar-refractivity contribution is 6.00. The van der Waals surface area contributed by atoms with Gasteiger partial charge in [0, 0.05) is 6.42 Å². The number of para-hydroxylation sites is 2. The third-order valence-corrected chi connectivity index (χ3v) is 3.99. The molecule has 0 aliphatic rings. The topological polar surface area (TPSA) is 96.5 Å². The number of aryl methyl sites for hydroxylation is 2. The summed E-state index contributed by atoms with van der Waals surface area (Å²) < 4.78 is 5.10. The third-order valence-electron chi connectivity index (χ3n) is 3.99. The van der Waals surface area contributed by atoms with Crippen LogP contribution in [0.4, 0.5) is 16.2 Å². The Morgan fingerprint density at radius 1 is 0.900 bits per heavy atom. The summed E-state index contributed by atoms with van der Waals surface area (Å²) in [6.07, 6.45) is 0.281. The molecule has 160 valence electrons. The Kier molecular flexibility index (Phi) is 7.98.